The van der Waals surface area contributed by atoms with Crippen molar-refractivity contribution >= 4 is 11.9 Å². The molecule has 0 radical (unpaired) electrons. The Balaban J connectivity index is 2.11. The van der Waals surface area contributed by atoms with Crippen molar-refractivity contribution in [3.63, 3.8) is 0 Å². The van der Waals surface area contributed by atoms with Gasteiger partial charge in [0, 0.05) is 6.08 Å². The van der Waals surface area contributed by atoms with Crippen molar-refractivity contribution in [1.82, 2.24) is 4.90 Å². The normalized spacial score (nSPS) is 15.6. The third kappa shape index (κ3) is 4.12. The number of hydrogen-bond acceptors (Lipinski definition) is 4. The highest BCUT2D eigenvalue weighted by atomic mass is 16.5. The number of nitrogens with zero attached hydrogens (tertiary/aromatic N) is 1. The number of amides is 1. The Morgan fingerprint density at radius 3 is 2.61 bits per heavy atom. The quantitative estimate of drug-likeness (QED) is 0.757. The fourth-order valence-electron chi connectivity index (χ4n) is 2.58. The molecule has 1 unspecified atom stereocenters. The monoisotopic (exact) mass is 317 g/mol. The Bertz CT molecular complexity index is 621. The van der Waals surface area contributed by atoms with Gasteiger partial charge in [-0.2, -0.15) is 0 Å². The van der Waals surface area contributed by atoms with E-state index in [-0.39, 0.29) is 18.4 Å². The third-order valence-corrected chi connectivity index (χ3v) is 3.77. The first-order chi connectivity index (χ1) is 10.9. The van der Waals surface area contributed by atoms with Crippen molar-refractivity contribution in [2.75, 3.05) is 13.7 Å². The number of aryl methyl sites for hydroxylation is 1. The lowest BCUT2D eigenvalue weighted by molar-refractivity contribution is -0.151. The van der Waals surface area contributed by atoms with Crippen molar-refractivity contribution in [3.8, 4) is 5.75 Å². The van der Waals surface area contributed by atoms with Crippen LogP contribution in [0.15, 0.2) is 36.1 Å². The average Bonchev–Trinajstić information content (AvgIpc) is 2.86. The molecular weight excluding hydrogens is 294 g/mol. The summed E-state index contributed by atoms with van der Waals surface area (Å²) >= 11 is 0. The first-order valence-electron chi connectivity index (χ1n) is 7.75. The lowest BCUT2D eigenvalue weighted by Gasteiger charge is -2.27. The molecule has 1 heterocycles. The largest absolute Gasteiger partial charge is 0.467 e. The van der Waals surface area contributed by atoms with Gasteiger partial charge in [-0.05, 0) is 30.9 Å². The molecule has 0 fully saturated rings. The fraction of sp³-hybridized carbons (Fsp3) is 0.444. The van der Waals surface area contributed by atoms with Crippen LogP contribution in [-0.4, -0.2) is 36.5 Å². The Kier molecular flexibility index (Phi) is 5.42. The summed E-state index contributed by atoms with van der Waals surface area (Å²) < 4.78 is 10.7. The van der Waals surface area contributed by atoms with Crippen LogP contribution in [0.4, 0.5) is 0 Å². The minimum Gasteiger partial charge on any atom is -0.467 e. The first-order valence-corrected chi connectivity index (χ1v) is 7.75. The maximum absolute atomic E-state index is 12.3. The molecule has 0 bridgehead atoms. The van der Waals surface area contributed by atoms with E-state index in [9.17, 15) is 9.59 Å². The number of carbonyl (C=O) groups excluding carboxylic acids is 2. The van der Waals surface area contributed by atoms with E-state index < -0.39 is 12.0 Å². The molecule has 1 amide bonds. The summed E-state index contributed by atoms with van der Waals surface area (Å²) in [6, 6.07) is 7.03. The zero-order valence-corrected chi connectivity index (χ0v) is 14.0. The first kappa shape index (κ1) is 17.1. The number of esters is 1. The number of rotatable bonds is 6. The van der Waals surface area contributed by atoms with Gasteiger partial charge in [0.1, 0.15) is 17.6 Å². The minimum atomic E-state index is -0.582. The standard InChI is InChI=1S/C18H23NO4/c1-12(2)9-15(18(21)22-4)19-11-14(10-17(19)20)23-16-8-6-5-7-13(16)3/h5-8,10,12,15H,9,11H2,1-4H3. The van der Waals surface area contributed by atoms with E-state index >= 15 is 0 Å². The minimum absolute atomic E-state index is 0.218. The van der Waals surface area contributed by atoms with Crippen molar-refractivity contribution in [2.45, 2.75) is 33.2 Å². The Morgan fingerprint density at radius 2 is 2.00 bits per heavy atom. The second-order valence-electron chi connectivity index (χ2n) is 6.11. The molecule has 5 heteroatoms. The van der Waals surface area contributed by atoms with E-state index in [2.05, 4.69) is 0 Å². The average molecular weight is 317 g/mol. The van der Waals surface area contributed by atoms with Gasteiger partial charge in [0.25, 0.3) is 5.91 Å². The summed E-state index contributed by atoms with van der Waals surface area (Å²) in [6.07, 6.45) is 2.01. The van der Waals surface area contributed by atoms with Gasteiger partial charge in [0.2, 0.25) is 0 Å². The molecule has 0 saturated heterocycles. The van der Waals surface area contributed by atoms with Crippen molar-refractivity contribution in [2.24, 2.45) is 5.92 Å². The lowest BCUT2D eigenvalue weighted by atomic mass is 10.0. The zero-order valence-electron chi connectivity index (χ0n) is 14.0. The van der Waals surface area contributed by atoms with Crippen LogP contribution in [0.2, 0.25) is 0 Å². The Hall–Kier alpha value is -2.30. The summed E-state index contributed by atoms with van der Waals surface area (Å²) in [5.41, 5.74) is 0.992. The van der Waals surface area contributed by atoms with Gasteiger partial charge in [-0.15, -0.1) is 0 Å². The summed E-state index contributed by atoms with van der Waals surface area (Å²) in [6.45, 7) is 6.24. The fourth-order valence-corrected chi connectivity index (χ4v) is 2.58. The number of benzene rings is 1. The molecule has 0 aliphatic carbocycles. The molecule has 1 aromatic carbocycles. The Morgan fingerprint density at radius 1 is 1.30 bits per heavy atom. The van der Waals surface area contributed by atoms with E-state index in [1.54, 1.807) is 0 Å². The SMILES string of the molecule is COC(=O)C(CC(C)C)N1CC(Oc2ccccc2C)=CC1=O. The van der Waals surface area contributed by atoms with Crippen molar-refractivity contribution in [3.05, 3.63) is 41.7 Å². The third-order valence-electron chi connectivity index (χ3n) is 3.77. The second-order valence-corrected chi connectivity index (χ2v) is 6.11. The van der Waals surface area contributed by atoms with E-state index in [0.717, 1.165) is 5.56 Å². The van der Waals surface area contributed by atoms with Crippen LogP contribution in [0, 0.1) is 12.8 Å². The number of carbonyl (C=O) groups is 2. The van der Waals surface area contributed by atoms with Gasteiger partial charge >= 0.3 is 5.97 Å². The molecule has 5 nitrogen and oxygen atoms in total. The molecule has 1 atom stereocenters. The van der Waals surface area contributed by atoms with Crippen LogP contribution in [0.3, 0.4) is 0 Å². The number of hydrogen-bond donors (Lipinski definition) is 0. The number of methoxy groups -OCH3 is 1. The van der Waals surface area contributed by atoms with Crippen LogP contribution >= 0.6 is 0 Å². The van der Waals surface area contributed by atoms with Gasteiger partial charge in [-0.1, -0.05) is 32.0 Å². The summed E-state index contributed by atoms with van der Waals surface area (Å²) in [5, 5.41) is 0. The summed E-state index contributed by atoms with van der Waals surface area (Å²) in [7, 11) is 1.34. The molecule has 0 spiro atoms. The lowest BCUT2D eigenvalue weighted by Crippen LogP contribution is -2.44. The van der Waals surface area contributed by atoms with Gasteiger partial charge in [-0.3, -0.25) is 4.79 Å². The van der Waals surface area contributed by atoms with E-state index in [4.69, 9.17) is 9.47 Å². The number of para-hydroxylation sites is 1. The molecular formula is C18H23NO4. The zero-order chi connectivity index (χ0) is 17.0. The van der Waals surface area contributed by atoms with Crippen LogP contribution in [-0.2, 0) is 14.3 Å². The predicted octanol–water partition coefficient (Wildman–Crippen LogP) is 2.69. The van der Waals surface area contributed by atoms with Crippen molar-refractivity contribution < 1.29 is 19.1 Å². The van der Waals surface area contributed by atoms with E-state index in [0.29, 0.717) is 17.9 Å². The van der Waals surface area contributed by atoms with E-state index in [1.165, 1.54) is 18.1 Å². The second kappa shape index (κ2) is 7.31. The highest BCUT2D eigenvalue weighted by molar-refractivity contribution is 5.94. The highest BCUT2D eigenvalue weighted by Crippen LogP contribution is 2.24. The van der Waals surface area contributed by atoms with Crippen LogP contribution < -0.4 is 4.74 Å². The summed E-state index contributed by atoms with van der Waals surface area (Å²) in [4.78, 5) is 25.8. The topological polar surface area (TPSA) is 55.8 Å². The molecule has 2 rings (SSSR count). The van der Waals surface area contributed by atoms with Gasteiger partial charge in [0.15, 0.2) is 0 Å². The number of ether oxygens (including phenoxy) is 2. The maximum atomic E-state index is 12.3. The maximum Gasteiger partial charge on any atom is 0.328 e. The predicted molar refractivity (Wildman–Crippen MR) is 86.9 cm³/mol. The van der Waals surface area contributed by atoms with Gasteiger partial charge < -0.3 is 14.4 Å². The molecule has 124 valence electrons. The molecule has 23 heavy (non-hydrogen) atoms. The molecule has 0 saturated carbocycles. The van der Waals surface area contributed by atoms with Gasteiger partial charge in [-0.25, -0.2) is 4.79 Å². The van der Waals surface area contributed by atoms with Crippen LogP contribution in [0.25, 0.3) is 0 Å². The molecule has 1 aromatic rings. The van der Waals surface area contributed by atoms with Crippen LogP contribution in [0.1, 0.15) is 25.8 Å². The Labute approximate surface area is 136 Å². The van der Waals surface area contributed by atoms with E-state index in [1.807, 2.05) is 45.0 Å². The van der Waals surface area contributed by atoms with Gasteiger partial charge in [0.05, 0.1) is 13.7 Å². The molecule has 1 aliphatic rings. The smallest absolute Gasteiger partial charge is 0.328 e. The molecule has 1 aliphatic heterocycles. The summed E-state index contributed by atoms with van der Waals surface area (Å²) in [5.74, 6) is 0.921. The molecule has 0 aromatic heterocycles. The highest BCUT2D eigenvalue weighted by Gasteiger charge is 2.35. The van der Waals surface area contributed by atoms with Crippen molar-refractivity contribution in [1.29, 1.82) is 0 Å². The van der Waals surface area contributed by atoms with Crippen LogP contribution in [0.5, 0.6) is 5.75 Å². The molecule has 0 N–H and O–H groups in total.